The van der Waals surface area contributed by atoms with E-state index >= 15 is 0 Å². The summed E-state index contributed by atoms with van der Waals surface area (Å²) in [4.78, 5) is 11.1. The second-order valence-electron chi connectivity index (χ2n) is 4.21. The number of carbonyl (C=O) groups is 1. The molecule has 0 aliphatic heterocycles. The fourth-order valence-corrected chi connectivity index (χ4v) is 2.43. The first-order valence-electron chi connectivity index (χ1n) is 5.78. The minimum Gasteiger partial charge on any atom is -0.390 e. The Labute approximate surface area is 117 Å². The maximum Gasteiger partial charge on any atom is 0.202 e. The van der Waals surface area contributed by atoms with Gasteiger partial charge in [-0.15, -0.1) is 23.2 Å². The molecule has 0 saturated carbocycles. The highest BCUT2D eigenvalue weighted by Crippen LogP contribution is 2.38. The first-order chi connectivity index (χ1) is 8.51. The maximum absolute atomic E-state index is 11.1. The van der Waals surface area contributed by atoms with Crippen molar-refractivity contribution in [2.75, 3.05) is 11.8 Å². The lowest BCUT2D eigenvalue weighted by molar-refractivity contribution is -0.261. The van der Waals surface area contributed by atoms with Gasteiger partial charge in [0.25, 0.3) is 0 Å². The van der Waals surface area contributed by atoms with Crippen molar-refractivity contribution < 1.29 is 26.6 Å². The molecule has 0 aliphatic rings. The van der Waals surface area contributed by atoms with Crippen molar-refractivity contribution in [3.63, 3.8) is 0 Å². The Morgan fingerprint density at radius 2 is 1.78 bits per heavy atom. The molecule has 0 aromatic rings. The molecule has 0 amide bonds. The predicted molar refractivity (Wildman–Crippen MR) is 67.5 cm³/mol. The maximum atomic E-state index is 11.1. The lowest BCUT2D eigenvalue weighted by Crippen LogP contribution is -2.75. The second-order valence-corrected chi connectivity index (χ2v) is 4.96. The summed E-state index contributed by atoms with van der Waals surface area (Å²) >= 11 is 11.0. The Balaban J connectivity index is 5.91. The monoisotopic (exact) mass is 304 g/mol. The van der Waals surface area contributed by atoms with E-state index in [1.165, 1.54) is 0 Å². The molecule has 0 rings (SSSR count). The first kappa shape index (κ1) is 16.1. The molecule has 108 valence electrons. The van der Waals surface area contributed by atoms with Gasteiger partial charge in [-0.05, 0) is 19.8 Å². The van der Waals surface area contributed by atoms with Crippen LogP contribution in [-0.4, -0.2) is 61.5 Å². The molecule has 0 fully saturated rings. The van der Waals surface area contributed by atoms with Crippen LogP contribution in [0.2, 0.25) is 0 Å². The second kappa shape index (κ2) is 6.47. The third kappa shape index (κ3) is 2.96. The van der Waals surface area contributed by atoms with Crippen LogP contribution in [0.5, 0.6) is 0 Å². The Hall–Kier alpha value is 0.0500. The number of aliphatic hydroxyl groups is 4. The molecule has 6 nitrogen and oxygen atoms in total. The van der Waals surface area contributed by atoms with Crippen molar-refractivity contribution in [2.24, 2.45) is 5.73 Å². The van der Waals surface area contributed by atoms with E-state index in [-0.39, 0.29) is 18.2 Å². The van der Waals surface area contributed by atoms with Gasteiger partial charge in [-0.1, -0.05) is 0 Å². The summed E-state index contributed by atoms with van der Waals surface area (Å²) in [6.07, 6.45) is -4.18. The lowest BCUT2D eigenvalue weighted by Gasteiger charge is -2.49. The number of hydrogen-bond donors (Lipinski definition) is 5. The summed E-state index contributed by atoms with van der Waals surface area (Å²) in [5.74, 6) is -0.463. The van der Waals surface area contributed by atoms with E-state index in [1.54, 1.807) is 0 Å². The SMILES string of the molecule is [2H]C(=O)[C@](N)(O)[C@](O)(CCCl)[C@@](O)(CCCl)[C@@H](C)O. The zero-order chi connectivity index (χ0) is 15.5. The largest absolute Gasteiger partial charge is 0.390 e. The normalized spacial score (nSPS) is 24.3. The van der Waals surface area contributed by atoms with Gasteiger partial charge in [0, 0.05) is 11.8 Å². The first-order valence-corrected chi connectivity index (χ1v) is 6.35. The van der Waals surface area contributed by atoms with Crippen LogP contribution < -0.4 is 5.73 Å². The van der Waals surface area contributed by atoms with Crippen LogP contribution in [0.25, 0.3) is 0 Å². The topological polar surface area (TPSA) is 124 Å². The Morgan fingerprint density at radius 1 is 1.33 bits per heavy atom. The molecule has 0 aliphatic carbocycles. The van der Waals surface area contributed by atoms with E-state index in [9.17, 15) is 25.2 Å². The number of hydrogen-bond acceptors (Lipinski definition) is 6. The minimum absolute atomic E-state index is 0.186. The fourth-order valence-electron chi connectivity index (χ4n) is 1.86. The van der Waals surface area contributed by atoms with E-state index in [0.29, 0.717) is 0 Å². The molecule has 4 atom stereocenters. The van der Waals surface area contributed by atoms with Gasteiger partial charge >= 0.3 is 0 Å². The number of aldehydes is 1. The number of rotatable bonds is 8. The molecule has 0 spiro atoms. The summed E-state index contributed by atoms with van der Waals surface area (Å²) in [6.45, 7) is 1.14. The Morgan fingerprint density at radius 3 is 2.06 bits per heavy atom. The van der Waals surface area contributed by atoms with Gasteiger partial charge < -0.3 is 20.4 Å². The molecule has 0 unspecified atom stereocenters. The number of halogens is 2. The molecule has 0 heterocycles. The van der Waals surface area contributed by atoms with E-state index in [1.807, 2.05) is 0 Å². The van der Waals surface area contributed by atoms with Crippen LogP contribution in [0.15, 0.2) is 0 Å². The van der Waals surface area contributed by atoms with Gasteiger partial charge in [-0.2, -0.15) is 0 Å². The number of carbonyl (C=O) groups excluding carboxylic acids is 1. The van der Waals surface area contributed by atoms with Gasteiger partial charge in [0.15, 0.2) is 6.26 Å². The van der Waals surface area contributed by atoms with Crippen molar-refractivity contribution in [1.82, 2.24) is 0 Å². The Kier molecular flexibility index (Phi) is 5.79. The number of alkyl halides is 2. The molecular formula is C10H19Cl2NO5. The van der Waals surface area contributed by atoms with Gasteiger partial charge in [-0.25, -0.2) is 0 Å². The van der Waals surface area contributed by atoms with Crippen LogP contribution in [0, 0.1) is 0 Å². The molecule has 6 N–H and O–H groups in total. The van der Waals surface area contributed by atoms with Crippen LogP contribution in [0.1, 0.15) is 21.1 Å². The fraction of sp³-hybridized carbons (Fsp3) is 0.900. The Bertz CT molecular complexity index is 331. The van der Waals surface area contributed by atoms with Crippen molar-refractivity contribution in [3.05, 3.63) is 0 Å². The number of nitrogens with two attached hydrogens (primary N) is 1. The summed E-state index contributed by atoms with van der Waals surface area (Å²) in [5, 5.41) is 40.4. The molecule has 0 radical (unpaired) electrons. The van der Waals surface area contributed by atoms with Crippen molar-refractivity contribution in [1.29, 1.82) is 0 Å². The summed E-state index contributed by atoms with van der Waals surface area (Å²) in [5.41, 5.74) is -2.94. The molecule has 8 heteroatoms. The average molecular weight is 305 g/mol. The van der Waals surface area contributed by atoms with Crippen LogP contribution in [0.3, 0.4) is 0 Å². The molecule has 0 bridgehead atoms. The highest BCUT2D eigenvalue weighted by molar-refractivity contribution is 6.18. The summed E-state index contributed by atoms with van der Waals surface area (Å²) < 4.78 is 6.92. The predicted octanol–water partition coefficient (Wildman–Crippen LogP) is -1.07. The molecule has 0 aromatic carbocycles. The summed E-state index contributed by atoms with van der Waals surface area (Å²) in [7, 11) is 0. The zero-order valence-corrected chi connectivity index (χ0v) is 11.4. The van der Waals surface area contributed by atoms with Crippen molar-refractivity contribution in [2.45, 2.75) is 42.8 Å². The summed E-state index contributed by atoms with van der Waals surface area (Å²) in [6, 6.07) is 0. The number of aliphatic hydroxyl groups excluding tert-OH is 1. The molecule has 0 saturated heterocycles. The smallest absolute Gasteiger partial charge is 0.202 e. The molecule has 18 heavy (non-hydrogen) atoms. The quantitative estimate of drug-likeness (QED) is 0.221. The highest BCUT2D eigenvalue weighted by atomic mass is 35.5. The average Bonchev–Trinajstić information content (AvgIpc) is 2.28. The van der Waals surface area contributed by atoms with Gasteiger partial charge in [0.05, 0.1) is 6.10 Å². The van der Waals surface area contributed by atoms with Gasteiger partial charge in [-0.3, -0.25) is 10.5 Å². The van der Waals surface area contributed by atoms with E-state index in [0.717, 1.165) is 6.92 Å². The van der Waals surface area contributed by atoms with E-state index in [2.05, 4.69) is 0 Å². The van der Waals surface area contributed by atoms with Crippen molar-refractivity contribution >= 4 is 29.5 Å². The van der Waals surface area contributed by atoms with Crippen LogP contribution >= 0.6 is 23.2 Å². The third-order valence-electron chi connectivity index (χ3n) is 3.13. The molecule has 0 aromatic heterocycles. The van der Waals surface area contributed by atoms with E-state index in [4.69, 9.17) is 30.3 Å². The van der Waals surface area contributed by atoms with Gasteiger partial charge in [0.2, 0.25) is 5.72 Å². The minimum atomic E-state index is -3.10. The van der Waals surface area contributed by atoms with Gasteiger partial charge in [0.1, 0.15) is 12.6 Å². The zero-order valence-electron chi connectivity index (χ0n) is 10.9. The van der Waals surface area contributed by atoms with Crippen LogP contribution in [0.4, 0.5) is 0 Å². The standard InChI is InChI=1S/C10H19Cl2NO5/c1-7(15)8(16,2-4-11)9(17,3-5-12)10(13,18)6-14/h6-7,15-18H,2-5,13H2,1H3/t7-,8-,9+,10+/m1/s1/i6D. The third-order valence-corrected chi connectivity index (χ3v) is 3.50. The van der Waals surface area contributed by atoms with E-state index < -0.39 is 35.7 Å². The highest BCUT2D eigenvalue weighted by Gasteiger charge is 2.61. The lowest BCUT2D eigenvalue weighted by atomic mass is 9.69. The van der Waals surface area contributed by atoms with Crippen LogP contribution in [-0.2, 0) is 4.79 Å². The molecular weight excluding hydrogens is 285 g/mol. The van der Waals surface area contributed by atoms with Crippen molar-refractivity contribution in [3.8, 4) is 0 Å².